The molecule has 2 heterocycles. The monoisotopic (exact) mass is 363 g/mol. The number of carboxylic acid groups (broad SMARTS) is 1. The van der Waals surface area contributed by atoms with Crippen LogP contribution >= 0.6 is 0 Å². The van der Waals surface area contributed by atoms with Crippen molar-refractivity contribution < 1.29 is 19.4 Å². The number of nitrogens with zero attached hydrogens (tertiary/aromatic N) is 3. The highest BCUT2D eigenvalue weighted by atomic mass is 16.6. The molecule has 0 spiro atoms. The van der Waals surface area contributed by atoms with Crippen molar-refractivity contribution in [2.45, 2.75) is 32.5 Å². The van der Waals surface area contributed by atoms with Crippen LogP contribution in [0.3, 0.4) is 0 Å². The van der Waals surface area contributed by atoms with Crippen molar-refractivity contribution in [3.05, 3.63) is 5.82 Å². The zero-order valence-corrected chi connectivity index (χ0v) is 15.4. The van der Waals surface area contributed by atoms with E-state index in [-0.39, 0.29) is 12.5 Å². The minimum Gasteiger partial charge on any atom is -0.479 e. The summed E-state index contributed by atoms with van der Waals surface area (Å²) in [5, 5.41) is 12.3. The number of terminal acetylenes is 1. The van der Waals surface area contributed by atoms with E-state index in [1.165, 1.54) is 21.0 Å². The van der Waals surface area contributed by atoms with Gasteiger partial charge in [0.2, 0.25) is 0 Å². The van der Waals surface area contributed by atoms with E-state index in [0.29, 0.717) is 36.4 Å². The summed E-state index contributed by atoms with van der Waals surface area (Å²) in [6, 6.07) is 0. The van der Waals surface area contributed by atoms with E-state index in [4.69, 9.17) is 26.7 Å². The van der Waals surface area contributed by atoms with Gasteiger partial charge in [0.25, 0.3) is 0 Å². The summed E-state index contributed by atoms with van der Waals surface area (Å²) in [6.07, 6.45) is 5.23. The molecule has 0 aromatic carbocycles. The Hall–Kier alpha value is -2.57. The third-order valence-corrected chi connectivity index (χ3v) is 4.28. The van der Waals surface area contributed by atoms with Gasteiger partial charge in [-0.25, -0.2) is 14.8 Å². The molecule has 142 valence electrons. The van der Waals surface area contributed by atoms with Gasteiger partial charge in [0.1, 0.15) is 11.5 Å². The second kappa shape index (κ2) is 7.76. The minimum atomic E-state index is -1.32. The Morgan fingerprint density at radius 1 is 1.54 bits per heavy atom. The molecular formula is C17H25N5O4. The maximum absolute atomic E-state index is 11.2. The van der Waals surface area contributed by atoms with Crippen LogP contribution in [0, 0.1) is 25.2 Å². The fourth-order valence-corrected chi connectivity index (χ4v) is 2.59. The molecule has 4 N–H and O–H groups in total. The van der Waals surface area contributed by atoms with Gasteiger partial charge >= 0.3 is 5.97 Å². The molecule has 9 heteroatoms. The van der Waals surface area contributed by atoms with Gasteiger partial charge in [-0.3, -0.25) is 0 Å². The van der Waals surface area contributed by atoms with Gasteiger partial charge in [-0.1, -0.05) is 5.92 Å². The molecule has 1 aliphatic heterocycles. The Labute approximate surface area is 152 Å². The summed E-state index contributed by atoms with van der Waals surface area (Å²) in [6.45, 7) is 5.73. The maximum Gasteiger partial charge on any atom is 0.335 e. The fraction of sp³-hybridized carbons (Fsp3) is 0.588. The third-order valence-electron chi connectivity index (χ3n) is 4.28. The van der Waals surface area contributed by atoms with Crippen LogP contribution in [0.1, 0.15) is 19.7 Å². The number of aromatic nitrogens is 2. The highest BCUT2D eigenvalue weighted by molar-refractivity contribution is 5.80. The number of carbonyl (C=O) groups is 1. The first-order chi connectivity index (χ1) is 12.2. The molecule has 9 nitrogen and oxygen atoms in total. The minimum absolute atomic E-state index is 0.0593. The molecule has 0 bridgehead atoms. The molecule has 1 aromatic rings. The number of nitrogens with one attached hydrogen (secondary N) is 1. The highest BCUT2D eigenvalue weighted by Crippen LogP contribution is 2.34. The summed E-state index contributed by atoms with van der Waals surface area (Å²) in [7, 11) is 1.52. The molecule has 0 aliphatic carbocycles. The molecule has 1 aromatic heterocycles. The lowest BCUT2D eigenvalue weighted by molar-refractivity contribution is -0.165. The van der Waals surface area contributed by atoms with Gasteiger partial charge in [-0.15, -0.1) is 6.42 Å². The molecule has 1 aliphatic rings. The van der Waals surface area contributed by atoms with E-state index in [9.17, 15) is 4.79 Å². The van der Waals surface area contributed by atoms with Crippen molar-refractivity contribution in [1.82, 2.24) is 9.97 Å². The lowest BCUT2D eigenvalue weighted by Crippen LogP contribution is -2.42. The summed E-state index contributed by atoms with van der Waals surface area (Å²) in [4.78, 5) is 21.7. The van der Waals surface area contributed by atoms with E-state index < -0.39 is 17.7 Å². The number of fused-ring (bicyclic) bond motifs is 1. The van der Waals surface area contributed by atoms with Crippen LogP contribution in [0.5, 0.6) is 0 Å². The number of anilines is 3. The molecule has 0 radical (unpaired) electrons. The third kappa shape index (κ3) is 4.15. The molecule has 0 saturated heterocycles. The molecule has 2 atom stereocenters. The lowest BCUT2D eigenvalue weighted by Gasteiger charge is -2.29. The largest absolute Gasteiger partial charge is 0.479 e. The molecule has 26 heavy (non-hydrogen) atoms. The molecule has 0 fully saturated rings. The van der Waals surface area contributed by atoms with E-state index in [0.717, 1.165) is 0 Å². The van der Waals surface area contributed by atoms with Crippen LogP contribution in [-0.4, -0.2) is 59.7 Å². The van der Waals surface area contributed by atoms with Crippen LogP contribution in [0.2, 0.25) is 0 Å². The normalized spacial score (nSPS) is 15.7. The first-order valence-corrected chi connectivity index (χ1v) is 8.18. The SMILES string of the molecule is C#CC(CN1CNc2c(N)nc(C)nc21)C(COC(C)(C)C(=O)O)OC. The van der Waals surface area contributed by atoms with Crippen LogP contribution in [0.4, 0.5) is 17.3 Å². The Morgan fingerprint density at radius 2 is 2.23 bits per heavy atom. The van der Waals surface area contributed by atoms with Crippen LogP contribution in [-0.2, 0) is 14.3 Å². The number of methoxy groups -OCH3 is 1. The van der Waals surface area contributed by atoms with E-state index in [2.05, 4.69) is 21.2 Å². The van der Waals surface area contributed by atoms with E-state index >= 15 is 0 Å². The molecule has 2 rings (SSSR count). The molecular weight excluding hydrogens is 338 g/mol. The van der Waals surface area contributed by atoms with Crippen molar-refractivity contribution in [3.8, 4) is 12.3 Å². The summed E-state index contributed by atoms with van der Waals surface area (Å²) >= 11 is 0. The number of hydrogen-bond donors (Lipinski definition) is 3. The average molecular weight is 363 g/mol. The first kappa shape index (κ1) is 19.8. The number of ether oxygens (including phenoxy) is 2. The van der Waals surface area contributed by atoms with Crippen molar-refractivity contribution in [3.63, 3.8) is 0 Å². The number of nitrogen functional groups attached to an aromatic ring is 1. The van der Waals surface area contributed by atoms with E-state index in [1.807, 2.05) is 4.90 Å². The van der Waals surface area contributed by atoms with Crippen molar-refractivity contribution in [1.29, 1.82) is 0 Å². The standard InChI is InChI=1S/C17H25N5O4/c1-6-11(12(25-5)8-26-17(3,4)16(23)24)7-22-9-19-13-14(18)20-10(2)21-15(13)22/h1,11-12,19H,7-9H2,2-5H3,(H,23,24)(H2,18,20,21). The van der Waals surface area contributed by atoms with Gasteiger partial charge in [-0.2, -0.15) is 0 Å². The molecule has 0 amide bonds. The zero-order chi connectivity index (χ0) is 19.5. The van der Waals surface area contributed by atoms with Crippen molar-refractivity contribution >= 4 is 23.3 Å². The summed E-state index contributed by atoms with van der Waals surface area (Å²) in [5.74, 6) is 2.97. The first-order valence-electron chi connectivity index (χ1n) is 8.18. The second-order valence-electron chi connectivity index (χ2n) is 6.59. The number of carboxylic acids is 1. The average Bonchev–Trinajstić information content (AvgIpc) is 2.97. The Morgan fingerprint density at radius 3 is 2.81 bits per heavy atom. The number of aryl methyl sites for hydroxylation is 1. The molecule has 2 unspecified atom stereocenters. The quantitative estimate of drug-likeness (QED) is 0.573. The van der Waals surface area contributed by atoms with Crippen LogP contribution < -0.4 is 16.0 Å². The highest BCUT2D eigenvalue weighted by Gasteiger charge is 2.33. The predicted molar refractivity (Wildman–Crippen MR) is 97.8 cm³/mol. The lowest BCUT2D eigenvalue weighted by atomic mass is 10.0. The number of rotatable bonds is 8. The van der Waals surface area contributed by atoms with Gasteiger partial charge in [-0.05, 0) is 20.8 Å². The molecule has 0 saturated carbocycles. The Balaban J connectivity index is 2.10. The number of hydrogen-bond acceptors (Lipinski definition) is 8. The van der Waals surface area contributed by atoms with Gasteiger partial charge < -0.3 is 30.5 Å². The number of nitrogens with two attached hydrogens (primary N) is 1. The van der Waals surface area contributed by atoms with Crippen LogP contribution in [0.25, 0.3) is 0 Å². The Bertz CT molecular complexity index is 716. The number of aliphatic carboxylic acids is 1. The second-order valence-corrected chi connectivity index (χ2v) is 6.59. The summed E-state index contributed by atoms with van der Waals surface area (Å²) in [5.41, 5.74) is 5.29. The van der Waals surface area contributed by atoms with Gasteiger partial charge in [0.05, 0.1) is 25.3 Å². The topological polar surface area (TPSA) is 123 Å². The fourth-order valence-electron chi connectivity index (χ4n) is 2.59. The summed E-state index contributed by atoms with van der Waals surface area (Å²) < 4.78 is 11.0. The van der Waals surface area contributed by atoms with Gasteiger partial charge in [0, 0.05) is 13.7 Å². The maximum atomic E-state index is 11.2. The predicted octanol–water partition coefficient (Wildman–Crippen LogP) is 0.701. The zero-order valence-electron chi connectivity index (χ0n) is 15.4. The smallest absolute Gasteiger partial charge is 0.335 e. The van der Waals surface area contributed by atoms with Crippen LogP contribution in [0.15, 0.2) is 0 Å². The Kier molecular flexibility index (Phi) is 5.90. The van der Waals surface area contributed by atoms with E-state index in [1.54, 1.807) is 6.92 Å². The van der Waals surface area contributed by atoms with Gasteiger partial charge in [0.15, 0.2) is 17.2 Å². The van der Waals surface area contributed by atoms with Crippen molar-refractivity contribution in [2.75, 3.05) is 42.9 Å². The van der Waals surface area contributed by atoms with Crippen molar-refractivity contribution in [2.24, 2.45) is 5.92 Å².